The molecule has 0 aromatic heterocycles. The lowest BCUT2D eigenvalue weighted by atomic mass is 9.97. The minimum Gasteiger partial charge on any atom is -0.375 e. The van der Waals surface area contributed by atoms with Gasteiger partial charge >= 0.3 is 0 Å². The average Bonchev–Trinajstić information content (AvgIpc) is 2.54. The molecule has 1 aromatic rings. The van der Waals surface area contributed by atoms with E-state index >= 15 is 0 Å². The number of piperidine rings is 1. The maximum atomic E-state index is 9.33. The first-order chi connectivity index (χ1) is 10.2. The van der Waals surface area contributed by atoms with E-state index in [9.17, 15) is 10.5 Å². The highest BCUT2D eigenvalue weighted by Gasteiger charge is 2.36. The van der Waals surface area contributed by atoms with Gasteiger partial charge in [-0.25, -0.2) is 0 Å². The van der Waals surface area contributed by atoms with Gasteiger partial charge in [-0.15, -0.1) is 0 Å². The van der Waals surface area contributed by atoms with Crippen LogP contribution in [0.2, 0.25) is 0 Å². The SMILES string of the molecule is CN1CCO[C@H]2CCN(c3c(C#N)cccc3C#N)C[C@H]21. The van der Waals surface area contributed by atoms with Gasteiger partial charge in [0.1, 0.15) is 12.1 Å². The molecule has 1 aromatic carbocycles. The van der Waals surface area contributed by atoms with E-state index in [1.165, 1.54) is 0 Å². The van der Waals surface area contributed by atoms with Crippen molar-refractivity contribution in [2.45, 2.75) is 18.6 Å². The van der Waals surface area contributed by atoms with Crippen LogP contribution < -0.4 is 4.90 Å². The van der Waals surface area contributed by atoms with Crippen LogP contribution in [0.3, 0.4) is 0 Å². The Hall–Kier alpha value is -2.08. The number of hydrogen-bond donors (Lipinski definition) is 0. The van der Waals surface area contributed by atoms with Crippen molar-refractivity contribution in [2.24, 2.45) is 0 Å². The van der Waals surface area contributed by atoms with Crippen molar-refractivity contribution in [3.8, 4) is 12.1 Å². The van der Waals surface area contributed by atoms with Crippen molar-refractivity contribution in [1.29, 1.82) is 10.5 Å². The van der Waals surface area contributed by atoms with Gasteiger partial charge < -0.3 is 9.64 Å². The molecule has 3 rings (SSSR count). The van der Waals surface area contributed by atoms with Gasteiger partial charge in [0.15, 0.2) is 0 Å². The monoisotopic (exact) mass is 282 g/mol. The number of rotatable bonds is 1. The van der Waals surface area contributed by atoms with Gasteiger partial charge in [0.2, 0.25) is 0 Å². The summed E-state index contributed by atoms with van der Waals surface area (Å²) in [6, 6.07) is 10.1. The van der Waals surface area contributed by atoms with Gasteiger partial charge in [-0.05, 0) is 25.6 Å². The van der Waals surface area contributed by atoms with E-state index in [1.807, 2.05) is 0 Å². The highest BCUT2D eigenvalue weighted by molar-refractivity contribution is 5.68. The van der Waals surface area contributed by atoms with E-state index < -0.39 is 0 Å². The lowest BCUT2D eigenvalue weighted by Gasteiger charge is -2.46. The minimum atomic E-state index is 0.264. The fraction of sp³-hybridized carbons (Fsp3) is 0.500. The van der Waals surface area contributed by atoms with Crippen LogP contribution >= 0.6 is 0 Å². The maximum absolute atomic E-state index is 9.33. The van der Waals surface area contributed by atoms with E-state index in [1.54, 1.807) is 18.2 Å². The summed E-state index contributed by atoms with van der Waals surface area (Å²) in [5, 5.41) is 18.7. The van der Waals surface area contributed by atoms with Crippen LogP contribution in [0.15, 0.2) is 18.2 Å². The number of benzene rings is 1. The number of fused-ring (bicyclic) bond motifs is 1. The normalized spacial score (nSPS) is 25.8. The molecule has 5 heteroatoms. The quantitative estimate of drug-likeness (QED) is 0.778. The summed E-state index contributed by atoms with van der Waals surface area (Å²) < 4.78 is 5.85. The molecule has 2 saturated heterocycles. The molecule has 2 aliphatic rings. The molecule has 0 bridgehead atoms. The zero-order chi connectivity index (χ0) is 14.8. The van der Waals surface area contributed by atoms with Gasteiger partial charge in [-0.2, -0.15) is 10.5 Å². The molecule has 108 valence electrons. The molecule has 0 amide bonds. The van der Waals surface area contributed by atoms with Crippen molar-refractivity contribution in [3.05, 3.63) is 29.3 Å². The standard InChI is InChI=1S/C16H18N4O/c1-19-7-8-21-15-5-6-20(11-14(15)19)16-12(9-17)3-2-4-13(16)10-18/h2-4,14-15H,5-8,11H2,1H3/t14-,15+/m1/s1. The molecular weight excluding hydrogens is 264 g/mol. The largest absolute Gasteiger partial charge is 0.375 e. The smallest absolute Gasteiger partial charge is 0.101 e. The number of nitriles is 2. The number of likely N-dealkylation sites (N-methyl/N-ethyl adjacent to an activating group) is 1. The fourth-order valence-electron chi connectivity index (χ4n) is 3.31. The summed E-state index contributed by atoms with van der Waals surface area (Å²) in [5.41, 5.74) is 1.93. The third-order valence-corrected chi connectivity index (χ3v) is 4.46. The predicted molar refractivity (Wildman–Crippen MR) is 78.9 cm³/mol. The average molecular weight is 282 g/mol. The number of anilines is 1. The van der Waals surface area contributed by atoms with Gasteiger partial charge in [0, 0.05) is 19.6 Å². The van der Waals surface area contributed by atoms with Crippen LogP contribution in [-0.2, 0) is 4.74 Å². The maximum Gasteiger partial charge on any atom is 0.101 e. The van der Waals surface area contributed by atoms with E-state index in [2.05, 4.69) is 29.0 Å². The molecular formula is C16H18N4O. The van der Waals surface area contributed by atoms with Crippen molar-refractivity contribution in [2.75, 3.05) is 38.2 Å². The number of para-hydroxylation sites is 1. The zero-order valence-electron chi connectivity index (χ0n) is 12.1. The Morgan fingerprint density at radius 1 is 1.19 bits per heavy atom. The van der Waals surface area contributed by atoms with E-state index in [0.29, 0.717) is 17.2 Å². The van der Waals surface area contributed by atoms with Crippen molar-refractivity contribution >= 4 is 5.69 Å². The minimum absolute atomic E-state index is 0.264. The number of ether oxygens (including phenoxy) is 1. The molecule has 2 aliphatic heterocycles. The summed E-state index contributed by atoms with van der Waals surface area (Å²) in [5.74, 6) is 0. The Kier molecular flexibility index (Phi) is 3.79. The van der Waals surface area contributed by atoms with Gasteiger partial charge in [0.25, 0.3) is 0 Å². The van der Waals surface area contributed by atoms with E-state index in [-0.39, 0.29) is 6.10 Å². The Morgan fingerprint density at radius 3 is 2.57 bits per heavy atom. The van der Waals surface area contributed by atoms with Crippen LogP contribution in [-0.4, -0.2) is 50.3 Å². The number of morpholine rings is 1. The highest BCUT2D eigenvalue weighted by atomic mass is 16.5. The number of hydrogen-bond acceptors (Lipinski definition) is 5. The third kappa shape index (κ3) is 2.47. The second-order valence-electron chi connectivity index (χ2n) is 5.62. The van der Waals surface area contributed by atoms with Crippen LogP contribution in [0.5, 0.6) is 0 Å². The van der Waals surface area contributed by atoms with Gasteiger partial charge in [-0.3, -0.25) is 4.90 Å². The summed E-state index contributed by atoms with van der Waals surface area (Å²) in [6.45, 7) is 3.34. The topological polar surface area (TPSA) is 63.3 Å². The first kappa shape index (κ1) is 13.9. The third-order valence-electron chi connectivity index (χ3n) is 4.46. The van der Waals surface area contributed by atoms with Gasteiger partial charge in [-0.1, -0.05) is 6.07 Å². The summed E-state index contributed by atoms with van der Waals surface area (Å²) >= 11 is 0. The van der Waals surface area contributed by atoms with Crippen molar-refractivity contribution in [3.63, 3.8) is 0 Å². The molecule has 2 fully saturated rings. The Balaban J connectivity index is 1.92. The predicted octanol–water partition coefficient (Wildman–Crippen LogP) is 1.34. The molecule has 0 spiro atoms. The van der Waals surface area contributed by atoms with Crippen LogP contribution in [0.1, 0.15) is 17.5 Å². The Labute approximate surface area is 124 Å². The van der Waals surface area contributed by atoms with E-state index in [4.69, 9.17) is 4.74 Å². The van der Waals surface area contributed by atoms with Crippen molar-refractivity contribution in [1.82, 2.24) is 4.90 Å². The molecule has 2 heterocycles. The summed E-state index contributed by atoms with van der Waals surface area (Å²) in [4.78, 5) is 4.49. The first-order valence-electron chi connectivity index (χ1n) is 7.24. The van der Waals surface area contributed by atoms with Crippen LogP contribution in [0.4, 0.5) is 5.69 Å². The molecule has 2 atom stereocenters. The first-order valence-corrected chi connectivity index (χ1v) is 7.24. The molecule has 0 saturated carbocycles. The highest BCUT2D eigenvalue weighted by Crippen LogP contribution is 2.30. The molecule has 0 aliphatic carbocycles. The van der Waals surface area contributed by atoms with Crippen LogP contribution in [0, 0.1) is 22.7 Å². The Bertz CT molecular complexity index is 583. The fourth-order valence-corrected chi connectivity index (χ4v) is 3.31. The van der Waals surface area contributed by atoms with Gasteiger partial charge in [0.05, 0.1) is 35.6 Å². The summed E-state index contributed by atoms with van der Waals surface area (Å²) in [7, 11) is 2.12. The second-order valence-corrected chi connectivity index (χ2v) is 5.62. The molecule has 0 N–H and O–H groups in total. The second kappa shape index (κ2) is 5.73. The van der Waals surface area contributed by atoms with E-state index in [0.717, 1.165) is 38.3 Å². The van der Waals surface area contributed by atoms with Crippen LogP contribution in [0.25, 0.3) is 0 Å². The lowest BCUT2D eigenvalue weighted by Crippen LogP contribution is -2.59. The Morgan fingerprint density at radius 2 is 1.90 bits per heavy atom. The zero-order valence-corrected chi connectivity index (χ0v) is 12.1. The molecule has 0 radical (unpaired) electrons. The molecule has 0 unspecified atom stereocenters. The van der Waals surface area contributed by atoms with Crippen molar-refractivity contribution < 1.29 is 4.74 Å². The lowest BCUT2D eigenvalue weighted by molar-refractivity contribution is -0.0687. The molecule has 21 heavy (non-hydrogen) atoms. The molecule has 5 nitrogen and oxygen atoms in total. The number of nitrogens with zero attached hydrogens (tertiary/aromatic N) is 4. The summed E-state index contributed by atoms with van der Waals surface area (Å²) in [6.07, 6.45) is 1.19.